The minimum Gasteiger partial charge on any atom is -0.493 e. The third-order valence-corrected chi connectivity index (χ3v) is 2.97. The van der Waals surface area contributed by atoms with Crippen LogP contribution in [-0.2, 0) is 6.42 Å². The molecule has 1 heterocycles. The van der Waals surface area contributed by atoms with Crippen LogP contribution in [0.5, 0.6) is 5.75 Å². The Morgan fingerprint density at radius 1 is 1.44 bits per heavy atom. The monoisotopic (exact) mass is 217 g/mol. The van der Waals surface area contributed by atoms with Crippen LogP contribution in [0.2, 0.25) is 0 Å². The zero-order chi connectivity index (χ0) is 11.2. The van der Waals surface area contributed by atoms with Gasteiger partial charge in [0.1, 0.15) is 5.75 Å². The van der Waals surface area contributed by atoms with E-state index in [0.29, 0.717) is 5.92 Å². The first kappa shape index (κ1) is 11.2. The van der Waals surface area contributed by atoms with Gasteiger partial charge in [0.25, 0.3) is 0 Å². The lowest BCUT2D eigenvalue weighted by atomic mass is 10.1. The normalized spacial score (nSPS) is 19.6. The van der Waals surface area contributed by atoms with E-state index in [1.807, 2.05) is 24.3 Å². The third kappa shape index (κ3) is 2.86. The van der Waals surface area contributed by atoms with Crippen LogP contribution in [-0.4, -0.2) is 19.7 Å². The second-order valence-corrected chi connectivity index (χ2v) is 4.27. The number of rotatable bonds is 5. The number of hydrogen-bond acceptors (Lipinski definition) is 2. The van der Waals surface area contributed by atoms with Crippen molar-refractivity contribution in [2.75, 3.05) is 19.7 Å². The fraction of sp³-hybridized carbons (Fsp3) is 0.429. The summed E-state index contributed by atoms with van der Waals surface area (Å²) in [5, 5.41) is 3.35. The van der Waals surface area contributed by atoms with E-state index in [-0.39, 0.29) is 0 Å². The van der Waals surface area contributed by atoms with Crippen molar-refractivity contribution >= 4 is 0 Å². The minimum atomic E-state index is 0.664. The molecule has 0 radical (unpaired) electrons. The first-order chi connectivity index (χ1) is 7.90. The Morgan fingerprint density at radius 2 is 2.31 bits per heavy atom. The third-order valence-electron chi connectivity index (χ3n) is 2.97. The van der Waals surface area contributed by atoms with Gasteiger partial charge in [0, 0.05) is 12.5 Å². The summed E-state index contributed by atoms with van der Waals surface area (Å²) >= 11 is 0. The van der Waals surface area contributed by atoms with Gasteiger partial charge in [-0.15, -0.1) is 6.58 Å². The summed E-state index contributed by atoms with van der Waals surface area (Å²) in [4.78, 5) is 0. The molecule has 1 aromatic rings. The average molecular weight is 217 g/mol. The van der Waals surface area contributed by atoms with E-state index in [1.54, 1.807) is 0 Å². The molecule has 2 rings (SSSR count). The Balaban J connectivity index is 1.94. The summed E-state index contributed by atoms with van der Waals surface area (Å²) in [6.45, 7) is 6.80. The number of para-hydroxylation sites is 1. The molecule has 0 aromatic heterocycles. The van der Waals surface area contributed by atoms with Crippen LogP contribution in [0.3, 0.4) is 0 Å². The first-order valence-electron chi connectivity index (χ1n) is 5.92. The molecule has 0 bridgehead atoms. The maximum Gasteiger partial charge on any atom is 0.122 e. The van der Waals surface area contributed by atoms with Crippen molar-refractivity contribution in [1.82, 2.24) is 5.32 Å². The van der Waals surface area contributed by atoms with Gasteiger partial charge in [-0.3, -0.25) is 0 Å². The van der Waals surface area contributed by atoms with Crippen LogP contribution in [0.1, 0.15) is 12.0 Å². The average Bonchev–Trinajstić information content (AvgIpc) is 2.81. The number of benzene rings is 1. The fourth-order valence-corrected chi connectivity index (χ4v) is 2.03. The molecule has 16 heavy (non-hydrogen) atoms. The highest BCUT2D eigenvalue weighted by molar-refractivity contribution is 5.34. The van der Waals surface area contributed by atoms with E-state index >= 15 is 0 Å². The SMILES string of the molecule is C=CCc1ccccc1OC[C@@H]1CCNC1. The van der Waals surface area contributed by atoms with Gasteiger partial charge in [0.2, 0.25) is 0 Å². The highest BCUT2D eigenvalue weighted by atomic mass is 16.5. The van der Waals surface area contributed by atoms with Crippen molar-refractivity contribution in [2.45, 2.75) is 12.8 Å². The van der Waals surface area contributed by atoms with Crippen molar-refractivity contribution in [3.05, 3.63) is 42.5 Å². The quantitative estimate of drug-likeness (QED) is 0.765. The lowest BCUT2D eigenvalue weighted by Crippen LogP contribution is -2.15. The van der Waals surface area contributed by atoms with Crippen LogP contribution in [0.25, 0.3) is 0 Å². The van der Waals surface area contributed by atoms with Crippen LogP contribution in [0.15, 0.2) is 36.9 Å². The van der Waals surface area contributed by atoms with E-state index in [9.17, 15) is 0 Å². The summed E-state index contributed by atoms with van der Waals surface area (Å²) in [5.41, 5.74) is 1.23. The van der Waals surface area contributed by atoms with Crippen molar-refractivity contribution in [1.29, 1.82) is 0 Å². The number of nitrogens with one attached hydrogen (secondary N) is 1. The molecule has 0 unspecified atom stereocenters. The molecule has 1 atom stereocenters. The van der Waals surface area contributed by atoms with Gasteiger partial charge < -0.3 is 10.1 Å². The molecule has 1 fully saturated rings. The van der Waals surface area contributed by atoms with Crippen LogP contribution in [0.4, 0.5) is 0 Å². The topological polar surface area (TPSA) is 21.3 Å². The number of hydrogen-bond donors (Lipinski definition) is 1. The largest absolute Gasteiger partial charge is 0.493 e. The number of allylic oxidation sites excluding steroid dienone is 1. The second-order valence-electron chi connectivity index (χ2n) is 4.27. The van der Waals surface area contributed by atoms with Gasteiger partial charge in [0.05, 0.1) is 6.61 Å². The van der Waals surface area contributed by atoms with Gasteiger partial charge >= 0.3 is 0 Å². The Hall–Kier alpha value is -1.28. The van der Waals surface area contributed by atoms with Crippen molar-refractivity contribution < 1.29 is 4.74 Å². The van der Waals surface area contributed by atoms with Crippen molar-refractivity contribution in [3.8, 4) is 5.75 Å². The van der Waals surface area contributed by atoms with Gasteiger partial charge in [-0.05, 0) is 31.0 Å². The molecule has 0 spiro atoms. The maximum atomic E-state index is 5.89. The van der Waals surface area contributed by atoms with E-state index < -0.39 is 0 Å². The maximum absolute atomic E-state index is 5.89. The van der Waals surface area contributed by atoms with Gasteiger partial charge in [0.15, 0.2) is 0 Å². The molecule has 86 valence electrons. The highest BCUT2D eigenvalue weighted by Gasteiger charge is 2.15. The predicted molar refractivity (Wildman–Crippen MR) is 66.8 cm³/mol. The minimum absolute atomic E-state index is 0.664. The van der Waals surface area contributed by atoms with E-state index in [4.69, 9.17) is 4.74 Å². The molecule has 1 aliphatic heterocycles. The Kier molecular flexibility index (Phi) is 4.00. The zero-order valence-electron chi connectivity index (χ0n) is 9.61. The van der Waals surface area contributed by atoms with Gasteiger partial charge in [-0.25, -0.2) is 0 Å². The predicted octanol–water partition coefficient (Wildman–Crippen LogP) is 2.40. The standard InChI is InChI=1S/C14H19NO/c1-2-5-13-6-3-4-7-14(13)16-11-12-8-9-15-10-12/h2-4,6-7,12,15H,1,5,8-11H2/t12-/m1/s1. The highest BCUT2D eigenvalue weighted by Crippen LogP contribution is 2.20. The Labute approximate surface area is 97.3 Å². The summed E-state index contributed by atoms with van der Waals surface area (Å²) in [6.07, 6.45) is 4.02. The van der Waals surface area contributed by atoms with E-state index in [1.165, 1.54) is 12.0 Å². The van der Waals surface area contributed by atoms with Gasteiger partial charge in [-0.2, -0.15) is 0 Å². The molecule has 2 nitrogen and oxygen atoms in total. The second kappa shape index (κ2) is 5.71. The smallest absolute Gasteiger partial charge is 0.122 e. The molecule has 1 saturated heterocycles. The molecule has 0 amide bonds. The van der Waals surface area contributed by atoms with Crippen LogP contribution >= 0.6 is 0 Å². The lowest BCUT2D eigenvalue weighted by molar-refractivity contribution is 0.258. The fourth-order valence-electron chi connectivity index (χ4n) is 2.03. The molecule has 0 aliphatic carbocycles. The number of ether oxygens (including phenoxy) is 1. The lowest BCUT2D eigenvalue weighted by Gasteiger charge is -2.13. The van der Waals surface area contributed by atoms with E-state index in [2.05, 4.69) is 18.0 Å². The van der Waals surface area contributed by atoms with Crippen molar-refractivity contribution in [2.24, 2.45) is 5.92 Å². The summed E-state index contributed by atoms with van der Waals surface area (Å²) < 4.78 is 5.89. The first-order valence-corrected chi connectivity index (χ1v) is 5.92. The molecule has 1 N–H and O–H groups in total. The summed E-state index contributed by atoms with van der Waals surface area (Å²) in [5.74, 6) is 1.67. The summed E-state index contributed by atoms with van der Waals surface area (Å²) in [6, 6.07) is 8.21. The molecule has 0 saturated carbocycles. The Bertz CT molecular complexity index is 342. The molecule has 1 aromatic carbocycles. The van der Waals surface area contributed by atoms with Crippen LogP contribution < -0.4 is 10.1 Å². The summed E-state index contributed by atoms with van der Waals surface area (Å²) in [7, 11) is 0. The molecule has 2 heteroatoms. The molecular weight excluding hydrogens is 198 g/mol. The Morgan fingerprint density at radius 3 is 3.06 bits per heavy atom. The van der Waals surface area contributed by atoms with Gasteiger partial charge in [-0.1, -0.05) is 24.3 Å². The van der Waals surface area contributed by atoms with Crippen molar-refractivity contribution in [3.63, 3.8) is 0 Å². The molecule has 1 aliphatic rings. The molecular formula is C14H19NO. The van der Waals surface area contributed by atoms with E-state index in [0.717, 1.165) is 31.9 Å². The van der Waals surface area contributed by atoms with Crippen LogP contribution in [0, 0.1) is 5.92 Å². The zero-order valence-corrected chi connectivity index (χ0v) is 9.61.